The van der Waals surface area contributed by atoms with Gasteiger partial charge in [0.1, 0.15) is 6.07 Å². The van der Waals surface area contributed by atoms with E-state index in [-0.39, 0.29) is 11.9 Å². The second kappa shape index (κ2) is 5.43. The van der Waals surface area contributed by atoms with E-state index in [4.69, 9.17) is 11.6 Å². The van der Waals surface area contributed by atoms with Crippen molar-refractivity contribution in [3.05, 3.63) is 28.8 Å². The third kappa shape index (κ3) is 2.65. The van der Waals surface area contributed by atoms with Crippen LogP contribution in [0, 0.1) is 11.3 Å². The number of hydrogen-bond acceptors (Lipinski definition) is 3. The minimum Gasteiger partial charge on any atom is -0.310 e. The molecule has 104 valence electrons. The monoisotopic (exact) mass is 289 g/mol. The van der Waals surface area contributed by atoms with Crippen LogP contribution < -0.4 is 10.2 Å². The van der Waals surface area contributed by atoms with E-state index in [2.05, 4.69) is 11.4 Å². The summed E-state index contributed by atoms with van der Waals surface area (Å²) in [5, 5.41) is 13.1. The third-order valence-electron chi connectivity index (χ3n) is 3.82. The van der Waals surface area contributed by atoms with Gasteiger partial charge in [0.2, 0.25) is 5.91 Å². The zero-order valence-corrected chi connectivity index (χ0v) is 11.9. The number of carbonyl (C=O) groups excluding carboxylic acids is 1. The fraction of sp³-hybridized carbons (Fsp3) is 0.467. The van der Waals surface area contributed by atoms with Crippen molar-refractivity contribution in [3.8, 4) is 6.07 Å². The molecule has 1 aliphatic carbocycles. The van der Waals surface area contributed by atoms with Gasteiger partial charge < -0.3 is 10.2 Å². The molecule has 4 nitrogen and oxygen atoms in total. The smallest absolute Gasteiger partial charge is 0.244 e. The molecule has 1 aromatic carbocycles. The molecule has 1 amide bonds. The Hall–Kier alpha value is -1.57. The van der Waals surface area contributed by atoms with E-state index >= 15 is 0 Å². The zero-order valence-electron chi connectivity index (χ0n) is 11.1. The molecule has 0 spiro atoms. The van der Waals surface area contributed by atoms with Gasteiger partial charge in [-0.25, -0.2) is 0 Å². The Morgan fingerprint density at radius 1 is 1.35 bits per heavy atom. The number of anilines is 1. The van der Waals surface area contributed by atoms with Crippen LogP contribution in [-0.4, -0.2) is 24.5 Å². The van der Waals surface area contributed by atoms with Crippen LogP contribution in [0.15, 0.2) is 18.2 Å². The first-order valence-corrected chi connectivity index (χ1v) is 7.34. The molecule has 1 heterocycles. The van der Waals surface area contributed by atoms with Crippen LogP contribution in [0.2, 0.25) is 5.02 Å². The molecule has 1 aliphatic heterocycles. The third-order valence-corrected chi connectivity index (χ3v) is 4.06. The predicted molar refractivity (Wildman–Crippen MR) is 77.7 cm³/mol. The number of amides is 1. The topological polar surface area (TPSA) is 56.1 Å². The molecule has 0 radical (unpaired) electrons. The standard InChI is InChI=1S/C15H16ClN3O/c16-11-4-3-10(9-17)14(8-11)19-7-1-2-13(15(19)20)18-12-5-6-12/h3-4,8,12-13,18H,1-2,5-7H2. The number of nitrogens with one attached hydrogen (secondary N) is 1. The van der Waals surface area contributed by atoms with Crippen molar-refractivity contribution in [2.24, 2.45) is 0 Å². The first-order valence-electron chi connectivity index (χ1n) is 6.96. The van der Waals surface area contributed by atoms with Crippen LogP contribution in [0.4, 0.5) is 5.69 Å². The van der Waals surface area contributed by atoms with Gasteiger partial charge in [0.15, 0.2) is 0 Å². The molecule has 1 unspecified atom stereocenters. The highest BCUT2D eigenvalue weighted by molar-refractivity contribution is 6.31. The second-order valence-corrected chi connectivity index (χ2v) is 5.84. The van der Waals surface area contributed by atoms with Crippen LogP contribution in [0.3, 0.4) is 0 Å². The first-order chi connectivity index (χ1) is 9.69. The van der Waals surface area contributed by atoms with Crippen molar-refractivity contribution in [1.29, 1.82) is 5.26 Å². The maximum absolute atomic E-state index is 12.6. The van der Waals surface area contributed by atoms with Crippen molar-refractivity contribution < 1.29 is 4.79 Å². The van der Waals surface area contributed by atoms with E-state index in [0.717, 1.165) is 25.7 Å². The van der Waals surface area contributed by atoms with Gasteiger partial charge in [-0.3, -0.25) is 4.79 Å². The lowest BCUT2D eigenvalue weighted by Gasteiger charge is -2.33. The summed E-state index contributed by atoms with van der Waals surface area (Å²) in [7, 11) is 0. The molecule has 1 aromatic rings. The minimum absolute atomic E-state index is 0.0573. The number of hydrogen-bond donors (Lipinski definition) is 1. The SMILES string of the molecule is N#Cc1ccc(Cl)cc1N1CCCC(NC2CC2)C1=O. The van der Waals surface area contributed by atoms with Gasteiger partial charge in [-0.1, -0.05) is 11.6 Å². The molecule has 1 N–H and O–H groups in total. The van der Waals surface area contributed by atoms with Crippen molar-refractivity contribution >= 4 is 23.2 Å². The van der Waals surface area contributed by atoms with Gasteiger partial charge in [0.25, 0.3) is 0 Å². The molecular weight excluding hydrogens is 274 g/mol. The summed E-state index contributed by atoms with van der Waals surface area (Å²) in [6, 6.07) is 7.57. The average Bonchev–Trinajstić information content (AvgIpc) is 3.25. The molecule has 0 aromatic heterocycles. The molecule has 0 bridgehead atoms. The van der Waals surface area contributed by atoms with E-state index in [1.165, 1.54) is 0 Å². The van der Waals surface area contributed by atoms with E-state index in [0.29, 0.717) is 28.9 Å². The first kappa shape index (κ1) is 13.4. The highest BCUT2D eigenvalue weighted by atomic mass is 35.5. The highest BCUT2D eigenvalue weighted by Crippen LogP contribution is 2.29. The van der Waals surface area contributed by atoms with Crippen LogP contribution in [-0.2, 0) is 4.79 Å². The average molecular weight is 290 g/mol. The highest BCUT2D eigenvalue weighted by Gasteiger charge is 2.34. The van der Waals surface area contributed by atoms with E-state index < -0.39 is 0 Å². The molecule has 3 rings (SSSR count). The normalized spacial score (nSPS) is 22.7. The van der Waals surface area contributed by atoms with Gasteiger partial charge >= 0.3 is 0 Å². The summed E-state index contributed by atoms with van der Waals surface area (Å²) in [6.45, 7) is 0.650. The van der Waals surface area contributed by atoms with Gasteiger partial charge in [0, 0.05) is 17.6 Å². The maximum Gasteiger partial charge on any atom is 0.244 e. The summed E-state index contributed by atoms with van der Waals surface area (Å²) in [5.74, 6) is 0.0573. The van der Waals surface area contributed by atoms with Gasteiger partial charge in [-0.05, 0) is 43.9 Å². The molecule has 2 aliphatic rings. The second-order valence-electron chi connectivity index (χ2n) is 5.40. The Morgan fingerprint density at radius 3 is 2.85 bits per heavy atom. The Bertz CT molecular complexity index is 577. The fourth-order valence-corrected chi connectivity index (χ4v) is 2.79. The molecule has 2 fully saturated rings. The van der Waals surface area contributed by atoms with Crippen LogP contribution >= 0.6 is 11.6 Å². The number of piperidine rings is 1. The summed E-state index contributed by atoms with van der Waals surface area (Å²) in [6.07, 6.45) is 4.12. The number of nitrogens with zero attached hydrogens (tertiary/aromatic N) is 2. The predicted octanol–water partition coefficient (Wildman–Crippen LogP) is 2.46. The Morgan fingerprint density at radius 2 is 2.15 bits per heavy atom. The molecule has 1 atom stereocenters. The summed E-state index contributed by atoms with van der Waals surface area (Å²) in [5.41, 5.74) is 1.13. The van der Waals surface area contributed by atoms with Crippen LogP contribution in [0.25, 0.3) is 0 Å². The lowest BCUT2D eigenvalue weighted by molar-refractivity contribution is -0.121. The minimum atomic E-state index is -0.123. The lowest BCUT2D eigenvalue weighted by atomic mass is 10.0. The largest absolute Gasteiger partial charge is 0.310 e. The lowest BCUT2D eigenvalue weighted by Crippen LogP contribution is -2.51. The number of rotatable bonds is 3. The number of nitriles is 1. The Kier molecular flexibility index (Phi) is 3.64. The van der Waals surface area contributed by atoms with Crippen molar-refractivity contribution in [2.45, 2.75) is 37.8 Å². The van der Waals surface area contributed by atoms with E-state index in [9.17, 15) is 10.1 Å². The molecule has 1 saturated heterocycles. The molecule has 20 heavy (non-hydrogen) atoms. The number of benzene rings is 1. The maximum atomic E-state index is 12.6. The van der Waals surface area contributed by atoms with Crippen molar-refractivity contribution in [2.75, 3.05) is 11.4 Å². The molecular formula is C15H16ClN3O. The van der Waals surface area contributed by atoms with Crippen molar-refractivity contribution in [1.82, 2.24) is 5.32 Å². The summed E-state index contributed by atoms with van der Waals surface area (Å²) < 4.78 is 0. The summed E-state index contributed by atoms with van der Waals surface area (Å²) in [4.78, 5) is 14.3. The van der Waals surface area contributed by atoms with Gasteiger partial charge in [-0.15, -0.1) is 0 Å². The Labute approximate surface area is 123 Å². The summed E-state index contributed by atoms with van der Waals surface area (Å²) >= 11 is 6.01. The van der Waals surface area contributed by atoms with E-state index in [1.807, 2.05) is 0 Å². The molecule has 1 saturated carbocycles. The molecule has 5 heteroatoms. The fourth-order valence-electron chi connectivity index (χ4n) is 2.63. The number of carbonyl (C=O) groups is 1. The van der Waals surface area contributed by atoms with Gasteiger partial charge in [0.05, 0.1) is 17.3 Å². The number of halogens is 1. The zero-order chi connectivity index (χ0) is 14.1. The van der Waals surface area contributed by atoms with Gasteiger partial charge in [-0.2, -0.15) is 5.26 Å². The van der Waals surface area contributed by atoms with Crippen LogP contribution in [0.1, 0.15) is 31.2 Å². The van der Waals surface area contributed by atoms with Crippen LogP contribution in [0.5, 0.6) is 0 Å². The van der Waals surface area contributed by atoms with E-state index in [1.54, 1.807) is 23.1 Å². The van der Waals surface area contributed by atoms with Crippen molar-refractivity contribution in [3.63, 3.8) is 0 Å². The Balaban J connectivity index is 1.86. The quantitative estimate of drug-likeness (QED) is 0.930.